The lowest BCUT2D eigenvalue weighted by atomic mass is 9.99. The van der Waals surface area contributed by atoms with E-state index in [-0.39, 0.29) is 0 Å². The lowest BCUT2D eigenvalue weighted by Crippen LogP contribution is -2.34. The van der Waals surface area contributed by atoms with Gasteiger partial charge in [-0.05, 0) is 36.6 Å². The fourth-order valence-corrected chi connectivity index (χ4v) is 3.23. The molecule has 0 saturated heterocycles. The molecule has 0 unspecified atom stereocenters. The lowest BCUT2D eigenvalue weighted by molar-refractivity contribution is 0.306. The van der Waals surface area contributed by atoms with Gasteiger partial charge in [0.2, 0.25) is 0 Å². The van der Waals surface area contributed by atoms with Gasteiger partial charge in [0.15, 0.2) is 5.82 Å². The third kappa shape index (κ3) is 3.42. The molecule has 4 rings (SSSR count). The molecule has 2 aromatic carbocycles. The van der Waals surface area contributed by atoms with E-state index in [9.17, 15) is 0 Å². The van der Waals surface area contributed by atoms with E-state index < -0.39 is 5.54 Å². The molecule has 1 aliphatic rings. The van der Waals surface area contributed by atoms with Crippen LogP contribution in [0.2, 0.25) is 0 Å². The van der Waals surface area contributed by atoms with Crippen molar-refractivity contribution in [3.63, 3.8) is 0 Å². The zero-order valence-corrected chi connectivity index (χ0v) is 14.0. The summed E-state index contributed by atoms with van der Waals surface area (Å²) >= 11 is 0. The van der Waals surface area contributed by atoms with Crippen LogP contribution in [0.3, 0.4) is 0 Å². The van der Waals surface area contributed by atoms with Crippen LogP contribution in [-0.2, 0) is 12.1 Å². The molecule has 5 heteroatoms. The fraction of sp³-hybridized carbons (Fsp3) is 0.300. The van der Waals surface area contributed by atoms with Crippen molar-refractivity contribution in [3.05, 3.63) is 66.0 Å². The molecular formula is C20H21N3O2. The van der Waals surface area contributed by atoms with Crippen molar-refractivity contribution in [2.45, 2.75) is 37.8 Å². The average Bonchev–Trinajstić information content (AvgIpc) is 3.31. The van der Waals surface area contributed by atoms with E-state index in [0.717, 1.165) is 42.6 Å². The fourth-order valence-electron chi connectivity index (χ4n) is 3.23. The average molecular weight is 335 g/mol. The van der Waals surface area contributed by atoms with Gasteiger partial charge in [-0.25, -0.2) is 0 Å². The molecule has 128 valence electrons. The number of nitrogens with two attached hydrogens (primary N) is 1. The number of benzene rings is 2. The number of hydrogen-bond donors (Lipinski definition) is 1. The molecule has 1 aromatic heterocycles. The van der Waals surface area contributed by atoms with Crippen molar-refractivity contribution >= 4 is 0 Å². The Hall–Kier alpha value is -2.66. The summed E-state index contributed by atoms with van der Waals surface area (Å²) in [7, 11) is 0. The monoisotopic (exact) mass is 335 g/mol. The molecule has 1 heterocycles. The highest BCUT2D eigenvalue weighted by atomic mass is 16.5. The summed E-state index contributed by atoms with van der Waals surface area (Å²) in [6.07, 6.45) is 4.05. The zero-order valence-electron chi connectivity index (χ0n) is 14.0. The SMILES string of the molecule is NC1(c2noc(-c3cccc(OCc4ccccc4)c3)n2)CCCC1. The van der Waals surface area contributed by atoms with Crippen molar-refractivity contribution in [2.75, 3.05) is 0 Å². The van der Waals surface area contributed by atoms with Gasteiger partial charge in [0.05, 0.1) is 5.54 Å². The summed E-state index contributed by atoms with van der Waals surface area (Å²) in [6.45, 7) is 0.519. The van der Waals surface area contributed by atoms with Gasteiger partial charge in [-0.15, -0.1) is 0 Å². The molecule has 2 N–H and O–H groups in total. The maximum atomic E-state index is 6.40. The molecule has 5 nitrogen and oxygen atoms in total. The van der Waals surface area contributed by atoms with Gasteiger partial charge < -0.3 is 15.0 Å². The minimum absolute atomic E-state index is 0.441. The van der Waals surface area contributed by atoms with Crippen LogP contribution in [0.15, 0.2) is 59.1 Å². The maximum absolute atomic E-state index is 6.40. The van der Waals surface area contributed by atoms with Gasteiger partial charge in [-0.3, -0.25) is 0 Å². The Balaban J connectivity index is 1.50. The largest absolute Gasteiger partial charge is 0.489 e. The summed E-state index contributed by atoms with van der Waals surface area (Å²) in [4.78, 5) is 4.54. The first-order chi connectivity index (χ1) is 12.2. The van der Waals surface area contributed by atoms with E-state index in [1.165, 1.54) is 0 Å². The van der Waals surface area contributed by atoms with Gasteiger partial charge in [-0.2, -0.15) is 4.98 Å². The van der Waals surface area contributed by atoms with Crippen molar-refractivity contribution < 1.29 is 9.26 Å². The first-order valence-electron chi connectivity index (χ1n) is 8.63. The predicted octanol–water partition coefficient (Wildman–Crippen LogP) is 4.04. The number of hydrogen-bond acceptors (Lipinski definition) is 5. The minimum Gasteiger partial charge on any atom is -0.489 e. The third-order valence-corrected chi connectivity index (χ3v) is 4.70. The molecule has 1 saturated carbocycles. The van der Waals surface area contributed by atoms with Crippen LogP contribution in [0, 0.1) is 0 Å². The van der Waals surface area contributed by atoms with Crippen LogP contribution in [0.4, 0.5) is 0 Å². The topological polar surface area (TPSA) is 74.2 Å². The van der Waals surface area contributed by atoms with Gasteiger partial charge in [0.25, 0.3) is 5.89 Å². The Morgan fingerprint density at radius 3 is 2.64 bits per heavy atom. The highest BCUT2D eigenvalue weighted by Gasteiger charge is 2.36. The van der Waals surface area contributed by atoms with Crippen LogP contribution in [0.1, 0.15) is 37.1 Å². The summed E-state index contributed by atoms with van der Waals surface area (Å²) in [6, 6.07) is 17.8. The standard InChI is InChI=1S/C20H21N3O2/c21-20(11-4-5-12-20)19-22-18(25-23-19)16-9-6-10-17(13-16)24-14-15-7-2-1-3-8-15/h1-3,6-10,13H,4-5,11-12,14,21H2. The Morgan fingerprint density at radius 1 is 1.04 bits per heavy atom. The van der Waals surface area contributed by atoms with Crippen molar-refractivity contribution in [1.29, 1.82) is 0 Å². The zero-order chi connectivity index (χ0) is 17.1. The predicted molar refractivity (Wildman–Crippen MR) is 94.8 cm³/mol. The van der Waals surface area contributed by atoms with E-state index in [4.69, 9.17) is 15.0 Å². The lowest BCUT2D eigenvalue weighted by Gasteiger charge is -2.17. The van der Waals surface area contributed by atoms with Crippen molar-refractivity contribution in [2.24, 2.45) is 5.73 Å². The summed E-state index contributed by atoms with van der Waals surface area (Å²) in [5.74, 6) is 1.86. The second-order valence-corrected chi connectivity index (χ2v) is 6.59. The molecule has 0 atom stereocenters. The number of ether oxygens (including phenoxy) is 1. The van der Waals surface area contributed by atoms with Crippen molar-refractivity contribution in [3.8, 4) is 17.2 Å². The van der Waals surface area contributed by atoms with Crippen LogP contribution in [-0.4, -0.2) is 10.1 Å². The number of rotatable bonds is 5. The van der Waals surface area contributed by atoms with Gasteiger partial charge in [0.1, 0.15) is 12.4 Å². The first-order valence-corrected chi connectivity index (χ1v) is 8.63. The Bertz CT molecular complexity index is 839. The summed E-state index contributed by atoms with van der Waals surface area (Å²) in [5, 5.41) is 4.12. The van der Waals surface area contributed by atoms with E-state index in [0.29, 0.717) is 18.3 Å². The maximum Gasteiger partial charge on any atom is 0.258 e. The molecule has 0 spiro atoms. The van der Waals surface area contributed by atoms with Crippen LogP contribution in [0.25, 0.3) is 11.5 Å². The highest BCUT2D eigenvalue weighted by molar-refractivity contribution is 5.55. The van der Waals surface area contributed by atoms with Gasteiger partial charge in [-0.1, -0.05) is 54.4 Å². The van der Waals surface area contributed by atoms with Crippen LogP contribution in [0.5, 0.6) is 5.75 Å². The Labute approximate surface area is 146 Å². The summed E-state index contributed by atoms with van der Waals surface area (Å²) < 4.78 is 11.3. The number of nitrogens with zero attached hydrogens (tertiary/aromatic N) is 2. The smallest absolute Gasteiger partial charge is 0.258 e. The van der Waals surface area contributed by atoms with Gasteiger partial charge in [0, 0.05) is 5.56 Å². The van der Waals surface area contributed by atoms with Crippen LogP contribution >= 0.6 is 0 Å². The molecule has 0 bridgehead atoms. The Kier molecular flexibility index (Phi) is 4.24. The third-order valence-electron chi connectivity index (χ3n) is 4.70. The van der Waals surface area contributed by atoms with E-state index in [1.807, 2.05) is 54.6 Å². The quantitative estimate of drug-likeness (QED) is 0.761. The highest BCUT2D eigenvalue weighted by Crippen LogP contribution is 2.35. The van der Waals surface area contributed by atoms with Crippen LogP contribution < -0.4 is 10.5 Å². The molecule has 1 aliphatic carbocycles. The van der Waals surface area contributed by atoms with E-state index in [1.54, 1.807) is 0 Å². The van der Waals surface area contributed by atoms with Gasteiger partial charge >= 0.3 is 0 Å². The molecular weight excluding hydrogens is 314 g/mol. The molecule has 0 radical (unpaired) electrons. The molecule has 1 fully saturated rings. The normalized spacial score (nSPS) is 16.0. The summed E-state index contributed by atoms with van der Waals surface area (Å²) in [5.41, 5.74) is 7.93. The minimum atomic E-state index is -0.441. The second-order valence-electron chi connectivity index (χ2n) is 6.59. The molecule has 0 amide bonds. The molecule has 0 aliphatic heterocycles. The first kappa shape index (κ1) is 15.8. The second kappa shape index (κ2) is 6.69. The number of aromatic nitrogens is 2. The molecule has 25 heavy (non-hydrogen) atoms. The molecule has 3 aromatic rings. The Morgan fingerprint density at radius 2 is 1.84 bits per heavy atom. The van der Waals surface area contributed by atoms with E-state index in [2.05, 4.69) is 10.1 Å². The van der Waals surface area contributed by atoms with Crippen molar-refractivity contribution in [1.82, 2.24) is 10.1 Å². The van der Waals surface area contributed by atoms with E-state index >= 15 is 0 Å².